The Kier molecular flexibility index (Phi) is 6.71. The summed E-state index contributed by atoms with van der Waals surface area (Å²) >= 11 is 2.00. The molecular formula is C23H34BrF2N5O5. The molecule has 5 amide bonds. The van der Waals surface area contributed by atoms with Crippen molar-refractivity contribution >= 4 is 45.5 Å². The van der Waals surface area contributed by atoms with E-state index in [0.29, 0.717) is 0 Å². The number of primary amides is 1. The summed E-state index contributed by atoms with van der Waals surface area (Å²) in [5, 5.41) is 6.80. The van der Waals surface area contributed by atoms with Gasteiger partial charge in [-0.2, -0.15) is 8.78 Å². The first-order chi connectivity index (χ1) is 17.1. The molecule has 6 atom stereocenters. The van der Waals surface area contributed by atoms with Crippen molar-refractivity contribution in [2.75, 3.05) is 13.0 Å². The van der Waals surface area contributed by atoms with Gasteiger partial charge >= 0.3 is 10.7 Å². The standard InChI is InChI=1S/C23H34BrF2N5O5/c1-21(2,3)15(30-20(36)23(24,25)26)19(35)31-9-11-13(22(11,4)5)14(31)18(34)29-12(16(27)32)8-10-6-7-28-17(10)33/h10-15H,6-9H2,1-5H3,(H2,27,32)(H,28,33)(H,29,34)(H,30,36)/t10?,11-,12-,13-,14-,15+/m0/s1/i7D2. The first kappa shape index (κ1) is 25.3. The maximum absolute atomic E-state index is 13.6. The van der Waals surface area contributed by atoms with E-state index in [0.717, 1.165) is 0 Å². The lowest BCUT2D eigenvalue weighted by atomic mass is 9.85. The van der Waals surface area contributed by atoms with Crippen molar-refractivity contribution < 1.29 is 35.5 Å². The second-order valence-corrected chi connectivity index (χ2v) is 12.4. The molecular weight excluding hydrogens is 544 g/mol. The van der Waals surface area contributed by atoms with Gasteiger partial charge in [0.1, 0.15) is 18.1 Å². The summed E-state index contributed by atoms with van der Waals surface area (Å²) in [5.41, 5.74) is 4.19. The van der Waals surface area contributed by atoms with Crippen LogP contribution in [0, 0.1) is 28.6 Å². The molecule has 0 aromatic rings. The zero-order valence-electron chi connectivity index (χ0n) is 22.8. The van der Waals surface area contributed by atoms with Crippen molar-refractivity contribution in [3.8, 4) is 0 Å². The summed E-state index contributed by atoms with van der Waals surface area (Å²) in [6.07, 6.45) is -0.437. The Morgan fingerprint density at radius 1 is 1.28 bits per heavy atom. The number of carbonyl (C=O) groups excluding carboxylic acids is 5. The van der Waals surface area contributed by atoms with E-state index in [9.17, 15) is 32.8 Å². The van der Waals surface area contributed by atoms with Crippen molar-refractivity contribution in [1.82, 2.24) is 20.9 Å². The molecule has 0 spiro atoms. The van der Waals surface area contributed by atoms with E-state index in [2.05, 4.69) is 16.0 Å². The van der Waals surface area contributed by atoms with Crippen molar-refractivity contribution in [1.29, 1.82) is 0 Å². The molecule has 1 unspecified atom stereocenters. The first-order valence-electron chi connectivity index (χ1n) is 12.7. The summed E-state index contributed by atoms with van der Waals surface area (Å²) in [6, 6.07) is -3.76. The number of rotatable bonds is 8. The van der Waals surface area contributed by atoms with Crippen LogP contribution in [-0.4, -0.2) is 70.4 Å². The van der Waals surface area contributed by atoms with Gasteiger partial charge in [-0.25, -0.2) is 0 Å². The molecule has 2 heterocycles. The fourth-order valence-corrected chi connectivity index (χ4v) is 5.39. The molecule has 3 rings (SSSR count). The first-order valence-corrected chi connectivity index (χ1v) is 12.5. The minimum absolute atomic E-state index is 0.0731. The van der Waals surface area contributed by atoms with Crippen LogP contribution in [0.2, 0.25) is 0 Å². The molecule has 36 heavy (non-hydrogen) atoms. The van der Waals surface area contributed by atoms with Gasteiger partial charge in [0.2, 0.25) is 23.6 Å². The molecule has 13 heteroatoms. The van der Waals surface area contributed by atoms with Crippen LogP contribution in [0.5, 0.6) is 0 Å². The Hall–Kier alpha value is -2.31. The number of nitrogens with zero attached hydrogens (tertiary/aromatic N) is 1. The molecule has 2 saturated heterocycles. The fraction of sp³-hybridized carbons (Fsp3) is 0.783. The third-order valence-electron chi connectivity index (χ3n) is 7.52. The highest BCUT2D eigenvalue weighted by Crippen LogP contribution is 2.65. The van der Waals surface area contributed by atoms with Gasteiger partial charge in [-0.15, -0.1) is 0 Å². The van der Waals surface area contributed by atoms with E-state index < -0.39 is 70.3 Å². The van der Waals surface area contributed by atoms with E-state index in [4.69, 9.17) is 8.48 Å². The van der Waals surface area contributed by atoms with Gasteiger partial charge in [0.25, 0.3) is 0 Å². The summed E-state index contributed by atoms with van der Waals surface area (Å²) < 4.78 is 42.5. The van der Waals surface area contributed by atoms with Crippen LogP contribution >= 0.6 is 15.9 Å². The van der Waals surface area contributed by atoms with Crippen molar-refractivity contribution in [3.05, 3.63) is 0 Å². The molecule has 0 bridgehead atoms. The number of carbonyl (C=O) groups is 5. The SMILES string of the molecule is [2H]C1([2H])CC(C[C@H](NC(=O)[C@@H]2[C@@H]3[C@H](CN2C(=O)[C@@H](NC(=O)C(F)(F)Br)C(C)(C)C)C3(C)C)C(N)=O)C(=O)N1. The van der Waals surface area contributed by atoms with Crippen LogP contribution in [0.1, 0.15) is 50.2 Å². The maximum Gasteiger partial charge on any atom is 0.377 e. The van der Waals surface area contributed by atoms with Crippen LogP contribution in [0.15, 0.2) is 0 Å². The van der Waals surface area contributed by atoms with E-state index in [1.54, 1.807) is 20.8 Å². The van der Waals surface area contributed by atoms with Crippen LogP contribution in [-0.2, 0) is 24.0 Å². The van der Waals surface area contributed by atoms with E-state index >= 15 is 0 Å². The van der Waals surface area contributed by atoms with Crippen LogP contribution in [0.4, 0.5) is 8.78 Å². The highest BCUT2D eigenvalue weighted by molar-refractivity contribution is 9.10. The molecule has 0 radical (unpaired) electrons. The molecule has 1 saturated carbocycles. The lowest BCUT2D eigenvalue weighted by molar-refractivity contribution is -0.148. The van der Waals surface area contributed by atoms with Gasteiger partial charge < -0.3 is 26.6 Å². The minimum Gasteiger partial charge on any atom is -0.368 e. The summed E-state index contributed by atoms with van der Waals surface area (Å²) in [5.74, 6) is -5.92. The van der Waals surface area contributed by atoms with E-state index in [-0.39, 0.29) is 36.6 Å². The number of halogens is 3. The number of likely N-dealkylation sites (tertiary alicyclic amines) is 1. The highest BCUT2D eigenvalue weighted by atomic mass is 79.9. The molecule has 3 aliphatic rings. The van der Waals surface area contributed by atoms with Gasteiger partial charge in [-0.05, 0) is 35.5 Å². The third kappa shape index (κ3) is 5.50. The lowest BCUT2D eigenvalue weighted by Crippen LogP contribution is -2.61. The van der Waals surface area contributed by atoms with Gasteiger partial charge in [-0.1, -0.05) is 34.6 Å². The Bertz CT molecular complexity index is 1050. The second-order valence-electron chi connectivity index (χ2n) is 11.4. The average molecular weight is 580 g/mol. The number of alkyl halides is 3. The molecule has 2 aliphatic heterocycles. The van der Waals surface area contributed by atoms with Gasteiger partial charge in [0.15, 0.2) is 0 Å². The third-order valence-corrected chi connectivity index (χ3v) is 7.88. The number of fused-ring (bicyclic) bond motifs is 1. The van der Waals surface area contributed by atoms with Crippen molar-refractivity contribution in [2.45, 2.75) is 70.4 Å². The number of hydrogen-bond acceptors (Lipinski definition) is 5. The number of hydrogen-bond donors (Lipinski definition) is 4. The minimum atomic E-state index is -3.90. The second kappa shape index (κ2) is 9.53. The molecule has 1 aliphatic carbocycles. The number of nitrogens with one attached hydrogen (secondary N) is 3. The largest absolute Gasteiger partial charge is 0.377 e. The maximum atomic E-state index is 13.6. The summed E-state index contributed by atoms with van der Waals surface area (Å²) in [6.45, 7) is 6.82. The lowest BCUT2D eigenvalue weighted by Gasteiger charge is -2.38. The quantitative estimate of drug-likeness (QED) is 0.308. The van der Waals surface area contributed by atoms with Crippen LogP contribution < -0.4 is 21.7 Å². The van der Waals surface area contributed by atoms with Gasteiger partial charge in [-0.3, -0.25) is 24.0 Å². The van der Waals surface area contributed by atoms with E-state index in [1.165, 1.54) is 4.90 Å². The Morgan fingerprint density at radius 2 is 1.89 bits per heavy atom. The number of piperidine rings is 1. The van der Waals surface area contributed by atoms with Crippen molar-refractivity contribution in [2.24, 2.45) is 34.3 Å². The Labute approximate surface area is 219 Å². The normalized spacial score (nSPS) is 30.8. The molecule has 0 aromatic heterocycles. The zero-order valence-corrected chi connectivity index (χ0v) is 22.4. The zero-order chi connectivity index (χ0) is 29.2. The highest BCUT2D eigenvalue weighted by Gasteiger charge is 2.70. The molecule has 3 fully saturated rings. The monoisotopic (exact) mass is 579 g/mol. The molecule has 202 valence electrons. The number of nitrogens with two attached hydrogens (primary N) is 1. The topological polar surface area (TPSA) is 151 Å². The van der Waals surface area contributed by atoms with Gasteiger partial charge in [0.05, 0.1) is 0 Å². The Morgan fingerprint density at radius 3 is 2.36 bits per heavy atom. The summed E-state index contributed by atoms with van der Waals surface area (Å²) in [4.78, 5) is 60.9. The van der Waals surface area contributed by atoms with E-state index in [1.807, 2.05) is 29.8 Å². The van der Waals surface area contributed by atoms with Gasteiger partial charge in [0, 0.05) is 37.6 Å². The number of amides is 5. The van der Waals surface area contributed by atoms with Crippen molar-refractivity contribution in [3.63, 3.8) is 0 Å². The predicted molar refractivity (Wildman–Crippen MR) is 128 cm³/mol. The fourth-order valence-electron chi connectivity index (χ4n) is 5.27. The smallest absolute Gasteiger partial charge is 0.368 e. The van der Waals surface area contributed by atoms with Crippen LogP contribution in [0.25, 0.3) is 0 Å². The predicted octanol–water partition coefficient (Wildman–Crippen LogP) is 0.484. The molecule has 0 aromatic carbocycles. The summed E-state index contributed by atoms with van der Waals surface area (Å²) in [7, 11) is 0. The Balaban J connectivity index is 1.84. The average Bonchev–Trinajstić information content (AvgIpc) is 3.03. The van der Waals surface area contributed by atoms with Crippen LogP contribution in [0.3, 0.4) is 0 Å². The molecule has 10 nitrogen and oxygen atoms in total. The molecule has 5 N–H and O–H groups in total.